The Bertz CT molecular complexity index is 318. The fraction of sp³-hybridized carbons (Fsp3) is 0.500. The van der Waals surface area contributed by atoms with E-state index in [0.29, 0.717) is 0 Å². The molecule has 4 heteroatoms. The summed E-state index contributed by atoms with van der Waals surface area (Å²) in [6.45, 7) is 5.44. The van der Waals surface area contributed by atoms with E-state index < -0.39 is 0 Å². The van der Waals surface area contributed by atoms with Crippen LogP contribution in [-0.4, -0.2) is 33.4 Å². The summed E-state index contributed by atoms with van der Waals surface area (Å²) in [5.74, 6) is 0. The zero-order valence-corrected chi connectivity index (χ0v) is 10.6. The van der Waals surface area contributed by atoms with E-state index in [1.807, 2.05) is 25.1 Å². The molecule has 0 saturated heterocycles. The summed E-state index contributed by atoms with van der Waals surface area (Å²) in [7, 11) is 1.70. The number of hydrogen-bond acceptors (Lipinski definition) is 3. The van der Waals surface area contributed by atoms with Gasteiger partial charge in [-0.15, -0.1) is 0 Å². The first-order valence-electron chi connectivity index (χ1n) is 5.44. The molecule has 0 saturated carbocycles. The summed E-state index contributed by atoms with van der Waals surface area (Å²) in [6, 6.07) is 5.89. The summed E-state index contributed by atoms with van der Waals surface area (Å²) in [5, 5.41) is 7.42. The van der Waals surface area contributed by atoms with Gasteiger partial charge in [0, 0.05) is 37.5 Å². The van der Waals surface area contributed by atoms with E-state index in [1.165, 1.54) is 0 Å². The van der Waals surface area contributed by atoms with Crippen molar-refractivity contribution in [1.29, 1.82) is 0 Å². The molecule has 0 fully saturated rings. The van der Waals surface area contributed by atoms with Crippen LogP contribution in [0, 0.1) is 6.92 Å². The first-order chi connectivity index (χ1) is 7.75. The van der Waals surface area contributed by atoms with Crippen molar-refractivity contribution >= 4 is 17.3 Å². The lowest BCUT2D eigenvalue weighted by Crippen LogP contribution is -2.25. The summed E-state index contributed by atoms with van der Waals surface area (Å²) >= 11 is 6.02. The minimum absolute atomic E-state index is 0.746. The largest absolute Gasteiger partial charge is 0.384 e. The maximum absolute atomic E-state index is 6.02. The summed E-state index contributed by atoms with van der Waals surface area (Å²) in [5.41, 5.74) is 2.20. The van der Waals surface area contributed by atoms with Gasteiger partial charge in [0.05, 0.1) is 6.61 Å². The Morgan fingerprint density at radius 3 is 2.81 bits per heavy atom. The fourth-order valence-corrected chi connectivity index (χ4v) is 1.56. The highest BCUT2D eigenvalue weighted by Crippen LogP contribution is 2.22. The highest BCUT2D eigenvalue weighted by atomic mass is 35.5. The quantitative estimate of drug-likeness (QED) is 0.720. The third-order valence-corrected chi connectivity index (χ3v) is 2.78. The second-order valence-electron chi connectivity index (χ2n) is 3.58. The normalized spacial score (nSPS) is 10.4. The molecule has 0 atom stereocenters. The molecule has 0 aliphatic carbocycles. The average molecular weight is 243 g/mol. The van der Waals surface area contributed by atoms with Crippen LogP contribution < -0.4 is 10.6 Å². The number of nitrogens with one attached hydrogen (secondary N) is 2. The molecule has 2 N–H and O–H groups in total. The number of halogens is 1. The van der Waals surface area contributed by atoms with Gasteiger partial charge in [0.15, 0.2) is 0 Å². The average Bonchev–Trinajstić information content (AvgIpc) is 2.29. The van der Waals surface area contributed by atoms with Gasteiger partial charge in [-0.05, 0) is 24.6 Å². The van der Waals surface area contributed by atoms with Crippen LogP contribution in [0.2, 0.25) is 5.02 Å². The van der Waals surface area contributed by atoms with Gasteiger partial charge in [0.25, 0.3) is 0 Å². The second-order valence-corrected chi connectivity index (χ2v) is 3.99. The lowest BCUT2D eigenvalue weighted by Gasteiger charge is -2.10. The lowest BCUT2D eigenvalue weighted by atomic mass is 10.2. The van der Waals surface area contributed by atoms with Crippen LogP contribution >= 0.6 is 11.6 Å². The molecular weight excluding hydrogens is 224 g/mol. The van der Waals surface area contributed by atoms with Gasteiger partial charge in [-0.1, -0.05) is 17.7 Å². The smallest absolute Gasteiger partial charge is 0.0587 e. The van der Waals surface area contributed by atoms with Crippen molar-refractivity contribution in [2.45, 2.75) is 6.92 Å². The van der Waals surface area contributed by atoms with Gasteiger partial charge >= 0.3 is 0 Å². The van der Waals surface area contributed by atoms with Crippen LogP contribution in [0.5, 0.6) is 0 Å². The topological polar surface area (TPSA) is 33.3 Å². The third-order valence-electron chi connectivity index (χ3n) is 2.37. The molecule has 3 nitrogen and oxygen atoms in total. The molecule has 0 unspecified atom stereocenters. The molecular formula is C12H19ClN2O. The van der Waals surface area contributed by atoms with Gasteiger partial charge < -0.3 is 15.4 Å². The van der Waals surface area contributed by atoms with Crippen molar-refractivity contribution in [3.8, 4) is 0 Å². The minimum Gasteiger partial charge on any atom is -0.384 e. The fourth-order valence-electron chi connectivity index (χ4n) is 1.38. The van der Waals surface area contributed by atoms with Crippen LogP contribution in [0.3, 0.4) is 0 Å². The van der Waals surface area contributed by atoms with Crippen LogP contribution in [-0.2, 0) is 4.74 Å². The molecule has 1 aromatic carbocycles. The van der Waals surface area contributed by atoms with Crippen molar-refractivity contribution < 1.29 is 4.74 Å². The number of rotatable bonds is 7. The Morgan fingerprint density at radius 1 is 1.25 bits per heavy atom. The third kappa shape index (κ3) is 4.39. The SMILES string of the molecule is COCCNCCNc1cccc(Cl)c1C. The maximum Gasteiger partial charge on any atom is 0.0587 e. The van der Waals surface area contributed by atoms with Gasteiger partial charge in [0.1, 0.15) is 0 Å². The van der Waals surface area contributed by atoms with Crippen molar-refractivity contribution in [2.24, 2.45) is 0 Å². The van der Waals surface area contributed by atoms with Crippen molar-refractivity contribution in [2.75, 3.05) is 38.7 Å². The highest BCUT2D eigenvalue weighted by molar-refractivity contribution is 6.31. The van der Waals surface area contributed by atoms with E-state index in [0.717, 1.165) is 42.5 Å². The van der Waals surface area contributed by atoms with E-state index in [1.54, 1.807) is 7.11 Å². The Hall–Kier alpha value is -0.770. The zero-order chi connectivity index (χ0) is 11.8. The molecule has 0 amide bonds. The van der Waals surface area contributed by atoms with Crippen LogP contribution in [0.4, 0.5) is 5.69 Å². The molecule has 0 radical (unpaired) electrons. The van der Waals surface area contributed by atoms with Crippen molar-refractivity contribution in [1.82, 2.24) is 5.32 Å². The first kappa shape index (κ1) is 13.3. The van der Waals surface area contributed by atoms with Crippen molar-refractivity contribution in [3.05, 3.63) is 28.8 Å². The molecule has 1 aromatic rings. The number of hydrogen-bond donors (Lipinski definition) is 2. The van der Waals surface area contributed by atoms with Gasteiger partial charge in [-0.2, -0.15) is 0 Å². The number of ether oxygens (including phenoxy) is 1. The van der Waals surface area contributed by atoms with Crippen LogP contribution in [0.1, 0.15) is 5.56 Å². The Labute approximate surface area is 102 Å². The molecule has 0 aliphatic rings. The summed E-state index contributed by atoms with van der Waals surface area (Å²) < 4.78 is 4.94. The standard InChI is InChI=1S/C12H19ClN2O/c1-10-11(13)4-3-5-12(10)15-7-6-14-8-9-16-2/h3-5,14-15H,6-9H2,1-2H3. The first-order valence-corrected chi connectivity index (χ1v) is 5.82. The number of anilines is 1. The zero-order valence-electron chi connectivity index (χ0n) is 9.85. The Balaban J connectivity index is 2.24. The molecule has 16 heavy (non-hydrogen) atoms. The minimum atomic E-state index is 0.746. The lowest BCUT2D eigenvalue weighted by molar-refractivity contribution is 0.200. The molecule has 0 heterocycles. The van der Waals surface area contributed by atoms with Crippen LogP contribution in [0.25, 0.3) is 0 Å². The Morgan fingerprint density at radius 2 is 2.06 bits per heavy atom. The van der Waals surface area contributed by atoms with Crippen molar-refractivity contribution in [3.63, 3.8) is 0 Å². The van der Waals surface area contributed by atoms with E-state index in [9.17, 15) is 0 Å². The van der Waals surface area contributed by atoms with E-state index >= 15 is 0 Å². The summed E-state index contributed by atoms with van der Waals surface area (Å²) in [4.78, 5) is 0. The monoisotopic (exact) mass is 242 g/mol. The van der Waals surface area contributed by atoms with E-state index in [-0.39, 0.29) is 0 Å². The summed E-state index contributed by atoms with van der Waals surface area (Å²) in [6.07, 6.45) is 0. The molecule has 90 valence electrons. The number of methoxy groups -OCH3 is 1. The van der Waals surface area contributed by atoms with E-state index in [2.05, 4.69) is 10.6 Å². The van der Waals surface area contributed by atoms with Crippen LogP contribution in [0.15, 0.2) is 18.2 Å². The predicted octanol–water partition coefficient (Wildman–Crippen LogP) is 2.30. The maximum atomic E-state index is 6.02. The number of benzene rings is 1. The van der Waals surface area contributed by atoms with Gasteiger partial charge in [-0.3, -0.25) is 0 Å². The Kier molecular flexibility index (Phi) is 6.23. The molecule has 1 rings (SSSR count). The molecule has 0 bridgehead atoms. The van der Waals surface area contributed by atoms with Gasteiger partial charge in [0.2, 0.25) is 0 Å². The second kappa shape index (κ2) is 7.49. The molecule has 0 aromatic heterocycles. The van der Waals surface area contributed by atoms with E-state index in [4.69, 9.17) is 16.3 Å². The molecule has 0 spiro atoms. The van der Waals surface area contributed by atoms with Gasteiger partial charge in [-0.25, -0.2) is 0 Å². The molecule has 0 aliphatic heterocycles. The highest BCUT2D eigenvalue weighted by Gasteiger charge is 2.00. The predicted molar refractivity (Wildman–Crippen MR) is 69.4 cm³/mol.